The highest BCUT2D eigenvalue weighted by Crippen LogP contribution is 2.25. The van der Waals surface area contributed by atoms with E-state index in [1.165, 1.54) is 28.0 Å². The van der Waals surface area contributed by atoms with Gasteiger partial charge in [-0.1, -0.05) is 41.3 Å². The molecular weight excluding hydrogens is 388 g/mol. The van der Waals surface area contributed by atoms with Crippen molar-refractivity contribution in [3.63, 3.8) is 0 Å². The maximum absolute atomic E-state index is 11.9. The summed E-state index contributed by atoms with van der Waals surface area (Å²) in [6.07, 6.45) is 1.63. The van der Waals surface area contributed by atoms with Crippen LogP contribution in [-0.4, -0.2) is 34.2 Å². The van der Waals surface area contributed by atoms with E-state index in [1.807, 2.05) is 30.3 Å². The van der Waals surface area contributed by atoms with E-state index >= 15 is 0 Å². The van der Waals surface area contributed by atoms with Crippen molar-refractivity contribution in [2.45, 2.75) is 15.8 Å². The standard InChI is InChI=1S/C17H18N4O2S3/c22-15(18-8-10-24-14-6-2-1-3-7-14)12-25-17-21-20-16(26-17)19-11-13-5-4-9-23-13/h1-7,9H,8,10-12H2,(H,18,22)(H,19,20). The second kappa shape index (κ2) is 10.2. The lowest BCUT2D eigenvalue weighted by molar-refractivity contribution is -0.118. The Labute approximate surface area is 164 Å². The number of hydrogen-bond acceptors (Lipinski definition) is 8. The Balaban J connectivity index is 1.30. The zero-order valence-corrected chi connectivity index (χ0v) is 16.3. The largest absolute Gasteiger partial charge is 0.467 e. The molecule has 3 aromatic rings. The van der Waals surface area contributed by atoms with Gasteiger partial charge in [-0.05, 0) is 24.3 Å². The molecule has 2 heterocycles. The topological polar surface area (TPSA) is 80.1 Å². The van der Waals surface area contributed by atoms with Gasteiger partial charge < -0.3 is 15.1 Å². The van der Waals surface area contributed by atoms with Crippen LogP contribution in [0.25, 0.3) is 0 Å². The third-order valence-corrected chi connectivity index (χ3v) is 6.19. The molecule has 136 valence electrons. The Morgan fingerprint density at radius 2 is 2.00 bits per heavy atom. The summed E-state index contributed by atoms with van der Waals surface area (Å²) >= 11 is 4.54. The first kappa shape index (κ1) is 18.8. The van der Waals surface area contributed by atoms with Crippen LogP contribution >= 0.6 is 34.9 Å². The lowest BCUT2D eigenvalue weighted by Gasteiger charge is -2.04. The second-order valence-corrected chi connectivity index (χ2v) is 8.47. The molecule has 0 spiro atoms. The number of furan rings is 1. The molecule has 0 saturated heterocycles. The minimum Gasteiger partial charge on any atom is -0.467 e. The quantitative estimate of drug-likeness (QED) is 0.392. The summed E-state index contributed by atoms with van der Waals surface area (Å²) in [5, 5.41) is 14.9. The molecule has 0 aliphatic rings. The van der Waals surface area contributed by atoms with Crippen LogP contribution in [0.4, 0.5) is 5.13 Å². The minimum atomic E-state index is 0.00366. The number of benzene rings is 1. The van der Waals surface area contributed by atoms with Gasteiger partial charge in [0.05, 0.1) is 18.6 Å². The predicted octanol–water partition coefficient (Wildman–Crippen LogP) is 3.74. The number of amides is 1. The molecular formula is C17H18N4O2S3. The number of carbonyl (C=O) groups is 1. The summed E-state index contributed by atoms with van der Waals surface area (Å²) in [7, 11) is 0. The van der Waals surface area contributed by atoms with Gasteiger partial charge in [0.25, 0.3) is 0 Å². The first-order valence-electron chi connectivity index (χ1n) is 7.97. The van der Waals surface area contributed by atoms with Crippen molar-refractivity contribution in [3.8, 4) is 0 Å². The van der Waals surface area contributed by atoms with E-state index in [2.05, 4.69) is 33.0 Å². The third-order valence-electron chi connectivity index (χ3n) is 3.16. The van der Waals surface area contributed by atoms with E-state index in [1.54, 1.807) is 18.0 Å². The van der Waals surface area contributed by atoms with Gasteiger partial charge in [0.1, 0.15) is 5.76 Å². The van der Waals surface area contributed by atoms with Crippen LogP contribution in [0.3, 0.4) is 0 Å². The summed E-state index contributed by atoms with van der Waals surface area (Å²) in [5.41, 5.74) is 0. The van der Waals surface area contributed by atoms with Crippen molar-refractivity contribution >= 4 is 45.9 Å². The molecule has 1 aromatic carbocycles. The average Bonchev–Trinajstić information content (AvgIpc) is 3.34. The molecule has 0 saturated carbocycles. The molecule has 0 unspecified atom stereocenters. The van der Waals surface area contributed by atoms with Crippen molar-refractivity contribution in [1.82, 2.24) is 15.5 Å². The number of aromatic nitrogens is 2. The number of carbonyl (C=O) groups excluding carboxylic acids is 1. The Morgan fingerprint density at radius 1 is 1.12 bits per heavy atom. The zero-order chi connectivity index (χ0) is 18.0. The molecule has 0 atom stereocenters. The van der Waals surface area contributed by atoms with Crippen molar-refractivity contribution in [2.75, 3.05) is 23.4 Å². The number of rotatable bonds is 10. The van der Waals surface area contributed by atoms with Gasteiger partial charge in [-0.3, -0.25) is 4.79 Å². The Kier molecular flexibility index (Phi) is 7.41. The van der Waals surface area contributed by atoms with Crippen molar-refractivity contribution in [2.24, 2.45) is 0 Å². The van der Waals surface area contributed by atoms with Gasteiger partial charge in [-0.2, -0.15) is 0 Å². The number of nitrogens with zero attached hydrogens (tertiary/aromatic N) is 2. The maximum Gasteiger partial charge on any atom is 0.230 e. The van der Waals surface area contributed by atoms with Crippen LogP contribution in [0.1, 0.15) is 5.76 Å². The smallest absolute Gasteiger partial charge is 0.230 e. The Hall–Kier alpha value is -1.97. The summed E-state index contributed by atoms with van der Waals surface area (Å²) < 4.78 is 6.01. The molecule has 2 aromatic heterocycles. The fourth-order valence-electron chi connectivity index (χ4n) is 1.97. The van der Waals surface area contributed by atoms with Crippen LogP contribution in [0.5, 0.6) is 0 Å². The van der Waals surface area contributed by atoms with E-state index in [0.29, 0.717) is 24.0 Å². The average molecular weight is 407 g/mol. The Morgan fingerprint density at radius 3 is 2.81 bits per heavy atom. The van der Waals surface area contributed by atoms with Gasteiger partial charge in [0, 0.05) is 17.2 Å². The zero-order valence-electron chi connectivity index (χ0n) is 13.9. The summed E-state index contributed by atoms with van der Waals surface area (Å²) in [6, 6.07) is 13.9. The molecule has 0 aliphatic heterocycles. The highest BCUT2D eigenvalue weighted by Gasteiger charge is 2.08. The Bertz CT molecular complexity index is 793. The van der Waals surface area contributed by atoms with E-state index in [4.69, 9.17) is 4.42 Å². The van der Waals surface area contributed by atoms with E-state index < -0.39 is 0 Å². The van der Waals surface area contributed by atoms with Crippen molar-refractivity contribution in [1.29, 1.82) is 0 Å². The molecule has 0 aliphatic carbocycles. The number of thioether (sulfide) groups is 2. The first-order valence-corrected chi connectivity index (χ1v) is 10.8. The van der Waals surface area contributed by atoms with E-state index in [-0.39, 0.29) is 5.91 Å². The first-order chi connectivity index (χ1) is 12.8. The highest BCUT2D eigenvalue weighted by atomic mass is 32.2. The fraction of sp³-hybridized carbons (Fsp3) is 0.235. The van der Waals surface area contributed by atoms with Crippen molar-refractivity contribution in [3.05, 3.63) is 54.5 Å². The van der Waals surface area contributed by atoms with Crippen LogP contribution in [0.15, 0.2) is 62.4 Å². The predicted molar refractivity (Wildman–Crippen MR) is 107 cm³/mol. The number of anilines is 1. The molecule has 6 nitrogen and oxygen atoms in total. The number of nitrogens with one attached hydrogen (secondary N) is 2. The van der Waals surface area contributed by atoms with Gasteiger partial charge in [0.15, 0.2) is 4.34 Å². The number of hydrogen-bond donors (Lipinski definition) is 2. The van der Waals surface area contributed by atoms with Crippen LogP contribution < -0.4 is 10.6 Å². The van der Waals surface area contributed by atoms with Crippen LogP contribution in [0, 0.1) is 0 Å². The summed E-state index contributed by atoms with van der Waals surface area (Å²) in [5.74, 6) is 2.02. The van der Waals surface area contributed by atoms with Gasteiger partial charge in [-0.15, -0.1) is 22.0 Å². The molecule has 0 fully saturated rings. The van der Waals surface area contributed by atoms with E-state index in [0.717, 1.165) is 15.9 Å². The summed E-state index contributed by atoms with van der Waals surface area (Å²) in [4.78, 5) is 13.1. The minimum absolute atomic E-state index is 0.00366. The van der Waals surface area contributed by atoms with Crippen molar-refractivity contribution < 1.29 is 9.21 Å². The SMILES string of the molecule is O=C(CSc1nnc(NCc2ccco2)s1)NCCSc1ccccc1. The molecule has 3 rings (SSSR count). The highest BCUT2D eigenvalue weighted by molar-refractivity contribution is 8.01. The molecule has 26 heavy (non-hydrogen) atoms. The normalized spacial score (nSPS) is 10.6. The van der Waals surface area contributed by atoms with Crippen LogP contribution in [-0.2, 0) is 11.3 Å². The van der Waals surface area contributed by atoms with E-state index in [9.17, 15) is 4.79 Å². The monoisotopic (exact) mass is 406 g/mol. The van der Waals surface area contributed by atoms with Gasteiger partial charge in [-0.25, -0.2) is 0 Å². The fourth-order valence-corrected chi connectivity index (χ4v) is 4.34. The van der Waals surface area contributed by atoms with Gasteiger partial charge >= 0.3 is 0 Å². The van der Waals surface area contributed by atoms with Crippen LogP contribution in [0.2, 0.25) is 0 Å². The molecule has 1 amide bonds. The lowest BCUT2D eigenvalue weighted by Crippen LogP contribution is -2.27. The lowest BCUT2D eigenvalue weighted by atomic mass is 10.4. The third kappa shape index (κ3) is 6.40. The maximum atomic E-state index is 11.9. The summed E-state index contributed by atoms with van der Waals surface area (Å²) in [6.45, 7) is 1.21. The molecule has 2 N–H and O–H groups in total. The molecule has 0 radical (unpaired) electrons. The molecule has 9 heteroatoms. The molecule has 0 bridgehead atoms. The van der Waals surface area contributed by atoms with Gasteiger partial charge in [0.2, 0.25) is 11.0 Å². The second-order valence-electron chi connectivity index (χ2n) is 5.11.